The molecule has 1 N–H and O–H groups in total. The number of thiophene rings is 1. The number of aryl methyl sites for hydroxylation is 2. The minimum absolute atomic E-state index is 0.497. The molecule has 2 heterocycles. The second-order valence-electron chi connectivity index (χ2n) is 4.81. The number of fused-ring (bicyclic) bond motifs is 1. The summed E-state index contributed by atoms with van der Waals surface area (Å²) in [6, 6.07) is 2.83. The van der Waals surface area contributed by atoms with Gasteiger partial charge < -0.3 is 9.84 Å². The van der Waals surface area contributed by atoms with Crippen LogP contribution in [0.2, 0.25) is 0 Å². The van der Waals surface area contributed by atoms with E-state index in [1.54, 1.807) is 4.88 Å². The van der Waals surface area contributed by atoms with Crippen LogP contribution in [0.5, 0.6) is 0 Å². The maximum Gasteiger partial charge on any atom is 0.223 e. The molecular weight excluding hydrogens is 373 g/mol. The average molecular weight is 389 g/mol. The summed E-state index contributed by atoms with van der Waals surface area (Å²) in [6.07, 6.45) is 4.57. The van der Waals surface area contributed by atoms with Crippen LogP contribution in [-0.4, -0.2) is 16.7 Å². The van der Waals surface area contributed by atoms with Gasteiger partial charge in [0.2, 0.25) is 5.89 Å². The Kier molecular flexibility index (Phi) is 4.18. The molecule has 2 aromatic heterocycles. The SMILES string of the molecule is Cc1nc(CCNC2CCCc3sc(I)cc32)no1. The Morgan fingerprint density at radius 3 is 3.26 bits per heavy atom. The molecule has 0 saturated carbocycles. The van der Waals surface area contributed by atoms with E-state index in [4.69, 9.17) is 4.52 Å². The number of rotatable bonds is 4. The number of halogens is 1. The predicted molar refractivity (Wildman–Crippen MR) is 83.5 cm³/mol. The molecule has 1 aliphatic carbocycles. The molecular formula is C13H16IN3OS. The van der Waals surface area contributed by atoms with Gasteiger partial charge in [-0.2, -0.15) is 4.98 Å². The van der Waals surface area contributed by atoms with Gasteiger partial charge in [-0.1, -0.05) is 5.16 Å². The molecule has 0 spiro atoms. The number of aromatic nitrogens is 2. The van der Waals surface area contributed by atoms with Crippen molar-refractivity contribution in [2.24, 2.45) is 0 Å². The van der Waals surface area contributed by atoms with Gasteiger partial charge in [0.1, 0.15) is 0 Å². The summed E-state index contributed by atoms with van der Waals surface area (Å²) in [7, 11) is 0. The third-order valence-corrected chi connectivity index (χ3v) is 5.36. The van der Waals surface area contributed by atoms with Crippen molar-refractivity contribution in [3.05, 3.63) is 31.1 Å². The molecule has 1 aliphatic rings. The molecule has 2 aromatic rings. The summed E-state index contributed by atoms with van der Waals surface area (Å²) in [5.74, 6) is 1.43. The third-order valence-electron chi connectivity index (χ3n) is 3.39. The van der Waals surface area contributed by atoms with Gasteiger partial charge in [-0.15, -0.1) is 11.3 Å². The second-order valence-corrected chi connectivity index (χ2v) is 7.84. The van der Waals surface area contributed by atoms with Crippen LogP contribution in [0.15, 0.2) is 10.6 Å². The van der Waals surface area contributed by atoms with Crippen molar-refractivity contribution < 1.29 is 4.52 Å². The highest BCUT2D eigenvalue weighted by Crippen LogP contribution is 2.36. The largest absolute Gasteiger partial charge is 0.340 e. The predicted octanol–water partition coefficient (Wildman–Crippen LogP) is 3.25. The van der Waals surface area contributed by atoms with E-state index >= 15 is 0 Å². The average Bonchev–Trinajstić information content (AvgIpc) is 2.95. The topological polar surface area (TPSA) is 51.0 Å². The molecule has 102 valence electrons. The van der Waals surface area contributed by atoms with Crippen LogP contribution in [-0.2, 0) is 12.8 Å². The number of hydrogen-bond acceptors (Lipinski definition) is 5. The van der Waals surface area contributed by atoms with Gasteiger partial charge in [0.25, 0.3) is 0 Å². The summed E-state index contributed by atoms with van der Waals surface area (Å²) in [5, 5.41) is 7.55. The molecule has 0 aliphatic heterocycles. The Morgan fingerprint density at radius 1 is 1.58 bits per heavy atom. The summed E-state index contributed by atoms with van der Waals surface area (Å²) >= 11 is 4.35. The Hall–Kier alpha value is -0.470. The molecule has 6 heteroatoms. The lowest BCUT2D eigenvalue weighted by atomic mass is 9.94. The number of nitrogens with zero attached hydrogens (tertiary/aromatic N) is 2. The normalized spacial score (nSPS) is 18.5. The summed E-state index contributed by atoms with van der Waals surface area (Å²) in [6.45, 7) is 2.72. The number of hydrogen-bond donors (Lipinski definition) is 1. The number of nitrogens with one attached hydrogen (secondary N) is 1. The molecule has 19 heavy (non-hydrogen) atoms. The van der Waals surface area contributed by atoms with Gasteiger partial charge in [-0.25, -0.2) is 0 Å². The maximum absolute atomic E-state index is 4.98. The quantitative estimate of drug-likeness (QED) is 0.816. The molecule has 1 unspecified atom stereocenters. The van der Waals surface area contributed by atoms with Crippen molar-refractivity contribution in [3.8, 4) is 0 Å². The second kappa shape index (κ2) is 5.88. The van der Waals surface area contributed by atoms with Crippen LogP contribution in [0.1, 0.15) is 41.0 Å². The molecule has 3 rings (SSSR count). The highest BCUT2D eigenvalue weighted by Gasteiger charge is 2.22. The van der Waals surface area contributed by atoms with E-state index in [1.165, 1.54) is 27.7 Å². The molecule has 0 bridgehead atoms. The highest BCUT2D eigenvalue weighted by molar-refractivity contribution is 14.1. The monoisotopic (exact) mass is 389 g/mol. The fourth-order valence-electron chi connectivity index (χ4n) is 2.53. The van der Waals surface area contributed by atoms with Gasteiger partial charge in [0, 0.05) is 30.8 Å². The highest BCUT2D eigenvalue weighted by atomic mass is 127. The molecule has 4 nitrogen and oxygen atoms in total. The fraction of sp³-hybridized carbons (Fsp3) is 0.538. The third kappa shape index (κ3) is 3.17. The minimum atomic E-state index is 0.497. The zero-order valence-corrected chi connectivity index (χ0v) is 13.8. The van der Waals surface area contributed by atoms with Crippen LogP contribution in [0, 0.1) is 9.81 Å². The molecule has 0 aromatic carbocycles. The van der Waals surface area contributed by atoms with Crippen molar-refractivity contribution in [3.63, 3.8) is 0 Å². The first-order valence-corrected chi connectivity index (χ1v) is 8.42. The molecule has 0 amide bonds. The van der Waals surface area contributed by atoms with E-state index in [-0.39, 0.29) is 0 Å². The van der Waals surface area contributed by atoms with Crippen molar-refractivity contribution in [2.45, 2.75) is 38.6 Å². The Bertz CT molecular complexity index is 566. The van der Waals surface area contributed by atoms with E-state index in [0.29, 0.717) is 11.9 Å². The van der Waals surface area contributed by atoms with Gasteiger partial charge in [0.05, 0.1) is 2.88 Å². The van der Waals surface area contributed by atoms with Gasteiger partial charge in [-0.05, 0) is 53.5 Å². The van der Waals surface area contributed by atoms with E-state index in [2.05, 4.69) is 44.1 Å². The van der Waals surface area contributed by atoms with E-state index in [1.807, 2.05) is 18.3 Å². The first kappa shape index (κ1) is 13.5. The fourth-order valence-corrected chi connectivity index (χ4v) is 4.65. The van der Waals surface area contributed by atoms with E-state index in [0.717, 1.165) is 18.8 Å². The van der Waals surface area contributed by atoms with E-state index in [9.17, 15) is 0 Å². The van der Waals surface area contributed by atoms with Crippen LogP contribution in [0.3, 0.4) is 0 Å². The summed E-state index contributed by atoms with van der Waals surface area (Å²) in [5.41, 5.74) is 1.50. The van der Waals surface area contributed by atoms with Crippen molar-refractivity contribution in [1.82, 2.24) is 15.5 Å². The lowest BCUT2D eigenvalue weighted by Crippen LogP contribution is -2.26. The van der Waals surface area contributed by atoms with Crippen LogP contribution < -0.4 is 5.32 Å². The van der Waals surface area contributed by atoms with Crippen LogP contribution in [0.25, 0.3) is 0 Å². The van der Waals surface area contributed by atoms with E-state index < -0.39 is 0 Å². The van der Waals surface area contributed by atoms with Crippen molar-refractivity contribution in [2.75, 3.05) is 6.54 Å². The standard InChI is InChI=1S/C13H16IN3OS/c1-8-16-13(17-18-8)5-6-15-10-3-2-4-11-9(10)7-12(14)19-11/h7,10,15H,2-6H2,1H3. The molecule has 0 saturated heterocycles. The Labute approximate surface area is 130 Å². The molecule has 0 fully saturated rings. The van der Waals surface area contributed by atoms with Gasteiger partial charge >= 0.3 is 0 Å². The van der Waals surface area contributed by atoms with Gasteiger partial charge in [-0.3, -0.25) is 0 Å². The lowest BCUT2D eigenvalue weighted by Gasteiger charge is -2.23. The van der Waals surface area contributed by atoms with Crippen molar-refractivity contribution in [1.29, 1.82) is 0 Å². The Balaban J connectivity index is 1.59. The van der Waals surface area contributed by atoms with Crippen molar-refractivity contribution >= 4 is 33.9 Å². The Morgan fingerprint density at radius 2 is 2.47 bits per heavy atom. The lowest BCUT2D eigenvalue weighted by molar-refractivity contribution is 0.385. The smallest absolute Gasteiger partial charge is 0.223 e. The first-order valence-electron chi connectivity index (χ1n) is 6.53. The summed E-state index contributed by atoms with van der Waals surface area (Å²) in [4.78, 5) is 5.78. The summed E-state index contributed by atoms with van der Waals surface area (Å²) < 4.78 is 6.37. The zero-order chi connectivity index (χ0) is 13.2. The van der Waals surface area contributed by atoms with Crippen LogP contribution in [0.4, 0.5) is 0 Å². The van der Waals surface area contributed by atoms with Crippen LogP contribution >= 0.6 is 33.9 Å². The maximum atomic E-state index is 4.98. The minimum Gasteiger partial charge on any atom is -0.340 e. The molecule has 1 atom stereocenters. The first-order chi connectivity index (χ1) is 9.22. The zero-order valence-electron chi connectivity index (χ0n) is 10.8. The molecule has 0 radical (unpaired) electrons. The van der Waals surface area contributed by atoms with Gasteiger partial charge in [0.15, 0.2) is 5.82 Å².